The van der Waals surface area contributed by atoms with Crippen LogP contribution in [0.1, 0.15) is 12.5 Å². The zero-order chi connectivity index (χ0) is 9.31. The third kappa shape index (κ3) is 1.47. The predicted molar refractivity (Wildman–Crippen MR) is 52.5 cm³/mol. The molecule has 0 aromatic heterocycles. The Balaban J connectivity index is 2.11. The third-order valence-corrected chi connectivity index (χ3v) is 2.73. The van der Waals surface area contributed by atoms with Crippen LogP contribution in [0.3, 0.4) is 0 Å². The van der Waals surface area contributed by atoms with Crippen LogP contribution >= 0.6 is 0 Å². The van der Waals surface area contributed by atoms with Gasteiger partial charge < -0.3 is 5.11 Å². The Kier molecular flexibility index (Phi) is 2.10. The average molecular weight is 177 g/mol. The molecule has 70 valence electrons. The molecule has 1 fully saturated rings. The molecule has 1 aliphatic rings. The highest BCUT2D eigenvalue weighted by atomic mass is 16.3. The summed E-state index contributed by atoms with van der Waals surface area (Å²) >= 11 is 0. The van der Waals surface area contributed by atoms with E-state index in [-0.39, 0.29) is 0 Å². The van der Waals surface area contributed by atoms with Crippen molar-refractivity contribution in [3.05, 3.63) is 35.9 Å². The second kappa shape index (κ2) is 3.13. The summed E-state index contributed by atoms with van der Waals surface area (Å²) in [5.41, 5.74) is 0.455. The van der Waals surface area contributed by atoms with Crippen LogP contribution in [0.15, 0.2) is 30.3 Å². The van der Waals surface area contributed by atoms with Crippen molar-refractivity contribution in [2.24, 2.45) is 0 Å². The van der Waals surface area contributed by atoms with Crippen LogP contribution in [0.2, 0.25) is 0 Å². The van der Waals surface area contributed by atoms with Crippen molar-refractivity contribution in [2.75, 3.05) is 19.6 Å². The lowest BCUT2D eigenvalue weighted by Gasteiger charge is -2.46. The highest BCUT2D eigenvalue weighted by Gasteiger charge is 2.41. The van der Waals surface area contributed by atoms with Gasteiger partial charge in [-0.05, 0) is 12.1 Å². The second-order valence-corrected chi connectivity index (χ2v) is 3.70. The SMILES string of the molecule is CCN1CC(O)(c2ccccc2)C1. The lowest BCUT2D eigenvalue weighted by atomic mass is 9.86. The molecule has 1 aromatic rings. The van der Waals surface area contributed by atoms with Gasteiger partial charge in [0.15, 0.2) is 0 Å². The number of likely N-dealkylation sites (N-methyl/N-ethyl adjacent to an activating group) is 1. The highest BCUT2D eigenvalue weighted by molar-refractivity contribution is 5.25. The van der Waals surface area contributed by atoms with E-state index in [1.54, 1.807) is 0 Å². The van der Waals surface area contributed by atoms with E-state index >= 15 is 0 Å². The zero-order valence-corrected chi connectivity index (χ0v) is 7.90. The van der Waals surface area contributed by atoms with Crippen molar-refractivity contribution in [1.82, 2.24) is 4.90 Å². The fourth-order valence-corrected chi connectivity index (χ4v) is 1.85. The van der Waals surface area contributed by atoms with Crippen LogP contribution in [-0.4, -0.2) is 29.6 Å². The molecule has 1 N–H and O–H groups in total. The van der Waals surface area contributed by atoms with Gasteiger partial charge in [-0.15, -0.1) is 0 Å². The van der Waals surface area contributed by atoms with Crippen LogP contribution in [0, 0.1) is 0 Å². The summed E-state index contributed by atoms with van der Waals surface area (Å²) in [7, 11) is 0. The molecule has 0 radical (unpaired) electrons. The van der Waals surface area contributed by atoms with E-state index in [9.17, 15) is 5.11 Å². The summed E-state index contributed by atoms with van der Waals surface area (Å²) in [6, 6.07) is 9.91. The number of hydrogen-bond acceptors (Lipinski definition) is 2. The number of nitrogens with zero attached hydrogens (tertiary/aromatic N) is 1. The molecule has 0 spiro atoms. The van der Waals surface area contributed by atoms with Gasteiger partial charge in [0, 0.05) is 13.1 Å². The lowest BCUT2D eigenvalue weighted by molar-refractivity contribution is -0.101. The molecule has 0 amide bonds. The third-order valence-electron chi connectivity index (χ3n) is 2.73. The van der Waals surface area contributed by atoms with Crippen LogP contribution < -0.4 is 0 Å². The molecule has 0 atom stereocenters. The van der Waals surface area contributed by atoms with E-state index in [2.05, 4.69) is 11.8 Å². The molecule has 0 saturated carbocycles. The van der Waals surface area contributed by atoms with Gasteiger partial charge in [0.1, 0.15) is 5.60 Å². The Hall–Kier alpha value is -0.860. The summed E-state index contributed by atoms with van der Waals surface area (Å²) in [5, 5.41) is 10.1. The van der Waals surface area contributed by atoms with Crippen molar-refractivity contribution in [2.45, 2.75) is 12.5 Å². The van der Waals surface area contributed by atoms with Crippen molar-refractivity contribution in [3.63, 3.8) is 0 Å². The van der Waals surface area contributed by atoms with Crippen molar-refractivity contribution >= 4 is 0 Å². The van der Waals surface area contributed by atoms with E-state index in [4.69, 9.17) is 0 Å². The van der Waals surface area contributed by atoms with Crippen molar-refractivity contribution < 1.29 is 5.11 Å². The number of likely N-dealkylation sites (tertiary alicyclic amines) is 1. The first-order valence-electron chi connectivity index (χ1n) is 4.75. The lowest BCUT2D eigenvalue weighted by Crippen LogP contribution is -2.58. The Morgan fingerprint density at radius 3 is 2.46 bits per heavy atom. The zero-order valence-electron chi connectivity index (χ0n) is 7.90. The number of β-amino-alcohol motifs (C(OH)–C–C–N with tert-alkyl or cyclic N) is 1. The summed E-state index contributed by atoms with van der Waals surface area (Å²) in [6.07, 6.45) is 0. The molecular weight excluding hydrogens is 162 g/mol. The molecule has 2 heteroatoms. The molecular formula is C11H15NO. The van der Waals surface area contributed by atoms with Crippen LogP contribution in [0.5, 0.6) is 0 Å². The maximum absolute atomic E-state index is 10.1. The first kappa shape index (κ1) is 8.73. The molecule has 0 unspecified atom stereocenters. The molecule has 0 bridgehead atoms. The predicted octanol–water partition coefficient (Wildman–Crippen LogP) is 1.21. The summed E-state index contributed by atoms with van der Waals surface area (Å²) in [4.78, 5) is 2.23. The van der Waals surface area contributed by atoms with E-state index in [0.717, 1.165) is 25.2 Å². The monoisotopic (exact) mass is 177 g/mol. The van der Waals surface area contributed by atoms with Gasteiger partial charge in [0.2, 0.25) is 0 Å². The Morgan fingerprint density at radius 1 is 1.31 bits per heavy atom. The molecule has 1 aliphatic heterocycles. The van der Waals surface area contributed by atoms with Gasteiger partial charge in [0.25, 0.3) is 0 Å². The van der Waals surface area contributed by atoms with Gasteiger partial charge >= 0.3 is 0 Å². The summed E-state index contributed by atoms with van der Waals surface area (Å²) in [6.45, 7) is 4.68. The first-order chi connectivity index (χ1) is 6.24. The van der Waals surface area contributed by atoms with Gasteiger partial charge in [-0.2, -0.15) is 0 Å². The molecule has 2 rings (SSSR count). The van der Waals surface area contributed by atoms with Gasteiger partial charge in [0.05, 0.1) is 0 Å². The van der Waals surface area contributed by atoms with E-state index in [1.807, 2.05) is 30.3 Å². The normalized spacial score (nSPS) is 21.1. The molecule has 1 heterocycles. The molecule has 2 nitrogen and oxygen atoms in total. The Labute approximate surface area is 78.8 Å². The number of aliphatic hydroxyl groups is 1. The summed E-state index contributed by atoms with van der Waals surface area (Å²) < 4.78 is 0. The number of benzene rings is 1. The topological polar surface area (TPSA) is 23.5 Å². The quantitative estimate of drug-likeness (QED) is 0.734. The molecule has 1 saturated heterocycles. The minimum atomic E-state index is -0.586. The van der Waals surface area contributed by atoms with Gasteiger partial charge in [-0.3, -0.25) is 4.90 Å². The van der Waals surface area contributed by atoms with Crippen LogP contribution in [0.25, 0.3) is 0 Å². The van der Waals surface area contributed by atoms with Crippen LogP contribution in [-0.2, 0) is 5.60 Å². The average Bonchev–Trinajstić information content (AvgIpc) is 2.14. The van der Waals surface area contributed by atoms with Gasteiger partial charge in [-0.1, -0.05) is 37.3 Å². The van der Waals surface area contributed by atoms with Gasteiger partial charge in [-0.25, -0.2) is 0 Å². The van der Waals surface area contributed by atoms with Crippen molar-refractivity contribution in [3.8, 4) is 0 Å². The number of hydrogen-bond donors (Lipinski definition) is 1. The van der Waals surface area contributed by atoms with E-state index < -0.39 is 5.60 Å². The van der Waals surface area contributed by atoms with Crippen molar-refractivity contribution in [1.29, 1.82) is 0 Å². The largest absolute Gasteiger partial charge is 0.382 e. The van der Waals surface area contributed by atoms with E-state index in [0.29, 0.717) is 0 Å². The molecule has 1 aromatic carbocycles. The second-order valence-electron chi connectivity index (χ2n) is 3.70. The fourth-order valence-electron chi connectivity index (χ4n) is 1.85. The molecule has 0 aliphatic carbocycles. The maximum atomic E-state index is 10.1. The Morgan fingerprint density at radius 2 is 1.92 bits per heavy atom. The number of rotatable bonds is 2. The highest BCUT2D eigenvalue weighted by Crippen LogP contribution is 2.30. The smallest absolute Gasteiger partial charge is 0.115 e. The minimum absolute atomic E-state index is 0.586. The minimum Gasteiger partial charge on any atom is -0.382 e. The first-order valence-corrected chi connectivity index (χ1v) is 4.75. The van der Waals surface area contributed by atoms with Crippen LogP contribution in [0.4, 0.5) is 0 Å². The Bertz CT molecular complexity index is 277. The summed E-state index contributed by atoms with van der Waals surface area (Å²) in [5.74, 6) is 0. The molecule has 13 heavy (non-hydrogen) atoms. The standard InChI is InChI=1S/C11H15NO/c1-2-12-8-11(13,9-12)10-6-4-3-5-7-10/h3-7,13H,2,8-9H2,1H3. The maximum Gasteiger partial charge on any atom is 0.115 e. The van der Waals surface area contributed by atoms with E-state index in [1.165, 1.54) is 0 Å². The fraction of sp³-hybridized carbons (Fsp3) is 0.455.